The molecule has 3 rings (SSSR count). The Balaban J connectivity index is 1.92. The van der Waals surface area contributed by atoms with Gasteiger partial charge in [0.1, 0.15) is 0 Å². The number of hydrogen-bond acceptors (Lipinski definition) is 4. The largest absolute Gasteiger partial charge is 0.314 e. The average Bonchev–Trinajstić information content (AvgIpc) is 2.83. The summed E-state index contributed by atoms with van der Waals surface area (Å²) < 4.78 is 2.08. The minimum Gasteiger partial charge on any atom is -0.314 e. The molecule has 1 N–H and O–H groups in total. The van der Waals surface area contributed by atoms with Crippen LogP contribution in [0.3, 0.4) is 0 Å². The van der Waals surface area contributed by atoms with E-state index in [4.69, 9.17) is 0 Å². The molecule has 0 radical (unpaired) electrons. The molecule has 2 aromatic heterocycles. The molecule has 1 aliphatic heterocycles. The quantitative estimate of drug-likeness (QED) is 0.826. The van der Waals surface area contributed by atoms with Gasteiger partial charge in [-0.1, -0.05) is 6.07 Å². The fraction of sp³-hybridized carbons (Fsp3) is 0.500. The standard InChI is InChI=1S/C12H17N5/c1-10(16-8-5-13-6-9-16)12-15-14-11-4-2-3-7-17(11)12/h2-4,7,10,13H,5-6,8-9H2,1H3. The Morgan fingerprint density at radius 3 is 2.88 bits per heavy atom. The molecule has 3 heterocycles. The van der Waals surface area contributed by atoms with Gasteiger partial charge in [-0.3, -0.25) is 9.30 Å². The summed E-state index contributed by atoms with van der Waals surface area (Å²) in [5.41, 5.74) is 0.921. The van der Waals surface area contributed by atoms with Crippen LogP contribution in [0.5, 0.6) is 0 Å². The van der Waals surface area contributed by atoms with Gasteiger partial charge in [0, 0.05) is 32.4 Å². The fourth-order valence-corrected chi connectivity index (χ4v) is 2.38. The number of fused-ring (bicyclic) bond motifs is 1. The van der Waals surface area contributed by atoms with Gasteiger partial charge >= 0.3 is 0 Å². The van der Waals surface area contributed by atoms with Gasteiger partial charge in [-0.2, -0.15) is 0 Å². The average molecular weight is 231 g/mol. The Morgan fingerprint density at radius 1 is 1.24 bits per heavy atom. The Labute approximate surface area is 100 Å². The number of piperazine rings is 1. The number of rotatable bonds is 2. The Bertz CT molecular complexity index is 500. The SMILES string of the molecule is CC(c1nnc2ccccn12)N1CCNCC1. The van der Waals surface area contributed by atoms with E-state index in [0.717, 1.165) is 37.7 Å². The Kier molecular flexibility index (Phi) is 2.78. The van der Waals surface area contributed by atoms with Gasteiger partial charge in [0.25, 0.3) is 0 Å². The highest BCUT2D eigenvalue weighted by atomic mass is 15.3. The van der Waals surface area contributed by atoms with Crippen LogP contribution in [-0.2, 0) is 0 Å². The summed E-state index contributed by atoms with van der Waals surface area (Å²) >= 11 is 0. The first-order chi connectivity index (χ1) is 8.36. The molecule has 0 aromatic carbocycles. The van der Waals surface area contributed by atoms with Crippen molar-refractivity contribution in [2.24, 2.45) is 0 Å². The van der Waals surface area contributed by atoms with Crippen molar-refractivity contribution in [2.45, 2.75) is 13.0 Å². The van der Waals surface area contributed by atoms with Gasteiger partial charge < -0.3 is 5.32 Å². The first-order valence-corrected chi connectivity index (χ1v) is 6.11. The van der Waals surface area contributed by atoms with E-state index in [0.29, 0.717) is 6.04 Å². The van der Waals surface area contributed by atoms with Gasteiger partial charge in [0.2, 0.25) is 0 Å². The molecular formula is C12H17N5. The highest BCUT2D eigenvalue weighted by Gasteiger charge is 2.21. The second kappa shape index (κ2) is 4.43. The second-order valence-electron chi connectivity index (χ2n) is 4.45. The van der Waals surface area contributed by atoms with Gasteiger partial charge in [0.15, 0.2) is 11.5 Å². The van der Waals surface area contributed by atoms with Crippen molar-refractivity contribution in [3.63, 3.8) is 0 Å². The lowest BCUT2D eigenvalue weighted by molar-refractivity contribution is 0.178. The molecule has 1 aliphatic rings. The third kappa shape index (κ3) is 1.92. The molecule has 90 valence electrons. The molecule has 1 unspecified atom stereocenters. The van der Waals surface area contributed by atoms with Crippen molar-refractivity contribution in [2.75, 3.05) is 26.2 Å². The minimum atomic E-state index is 0.314. The number of hydrogen-bond donors (Lipinski definition) is 1. The van der Waals surface area contributed by atoms with Crippen LogP contribution in [-0.4, -0.2) is 45.7 Å². The number of aromatic nitrogens is 3. The topological polar surface area (TPSA) is 45.5 Å². The molecule has 2 aromatic rings. The molecule has 5 nitrogen and oxygen atoms in total. The summed E-state index contributed by atoms with van der Waals surface area (Å²) in [6.07, 6.45) is 2.03. The maximum Gasteiger partial charge on any atom is 0.160 e. The normalized spacial score (nSPS) is 19.6. The summed E-state index contributed by atoms with van der Waals surface area (Å²) in [6.45, 7) is 6.46. The highest BCUT2D eigenvalue weighted by Crippen LogP contribution is 2.19. The van der Waals surface area contributed by atoms with Crippen molar-refractivity contribution in [3.8, 4) is 0 Å². The molecule has 0 spiro atoms. The molecule has 0 saturated carbocycles. The van der Waals surface area contributed by atoms with Crippen molar-refractivity contribution >= 4 is 5.65 Å². The lowest BCUT2D eigenvalue weighted by Gasteiger charge is -2.31. The second-order valence-corrected chi connectivity index (χ2v) is 4.45. The van der Waals surface area contributed by atoms with Crippen LogP contribution in [0.1, 0.15) is 18.8 Å². The predicted molar refractivity (Wildman–Crippen MR) is 65.8 cm³/mol. The van der Waals surface area contributed by atoms with Gasteiger partial charge in [0.05, 0.1) is 6.04 Å². The minimum absolute atomic E-state index is 0.314. The van der Waals surface area contributed by atoms with Crippen LogP contribution < -0.4 is 5.32 Å². The third-order valence-electron chi connectivity index (χ3n) is 3.41. The van der Waals surface area contributed by atoms with Gasteiger partial charge in [-0.15, -0.1) is 10.2 Å². The molecule has 0 aliphatic carbocycles. The summed E-state index contributed by atoms with van der Waals surface area (Å²) in [6, 6.07) is 6.31. The lowest BCUT2D eigenvalue weighted by atomic mass is 10.2. The van der Waals surface area contributed by atoms with Crippen LogP contribution in [0, 0.1) is 0 Å². The monoisotopic (exact) mass is 231 g/mol. The van der Waals surface area contributed by atoms with E-state index in [1.54, 1.807) is 0 Å². The zero-order valence-electron chi connectivity index (χ0n) is 10.0. The fourth-order valence-electron chi connectivity index (χ4n) is 2.38. The predicted octanol–water partition coefficient (Wildman–Crippen LogP) is 0.696. The maximum absolute atomic E-state index is 4.32. The van der Waals surface area contributed by atoms with Crippen LogP contribution in [0.2, 0.25) is 0 Å². The van der Waals surface area contributed by atoms with Crippen molar-refractivity contribution in [3.05, 3.63) is 30.2 Å². The van der Waals surface area contributed by atoms with Crippen LogP contribution in [0.15, 0.2) is 24.4 Å². The summed E-state index contributed by atoms with van der Waals surface area (Å²) in [4.78, 5) is 2.44. The first-order valence-electron chi connectivity index (χ1n) is 6.11. The molecule has 1 fully saturated rings. The summed E-state index contributed by atoms with van der Waals surface area (Å²) in [5, 5.41) is 11.9. The molecule has 1 saturated heterocycles. The number of nitrogens with one attached hydrogen (secondary N) is 1. The zero-order chi connectivity index (χ0) is 11.7. The lowest BCUT2D eigenvalue weighted by Crippen LogP contribution is -2.44. The Morgan fingerprint density at radius 2 is 2.06 bits per heavy atom. The van der Waals surface area contributed by atoms with Crippen molar-refractivity contribution < 1.29 is 0 Å². The molecular weight excluding hydrogens is 214 g/mol. The van der Waals surface area contributed by atoms with E-state index >= 15 is 0 Å². The van der Waals surface area contributed by atoms with Gasteiger partial charge in [-0.05, 0) is 19.1 Å². The molecule has 17 heavy (non-hydrogen) atoms. The van der Waals surface area contributed by atoms with Crippen LogP contribution >= 0.6 is 0 Å². The van der Waals surface area contributed by atoms with Crippen LogP contribution in [0.25, 0.3) is 5.65 Å². The van der Waals surface area contributed by atoms with Gasteiger partial charge in [-0.25, -0.2) is 0 Å². The summed E-state index contributed by atoms with van der Waals surface area (Å²) in [5.74, 6) is 1.03. The molecule has 0 amide bonds. The van der Waals surface area contributed by atoms with E-state index in [9.17, 15) is 0 Å². The Hall–Kier alpha value is -1.46. The molecule has 0 bridgehead atoms. The van der Waals surface area contributed by atoms with E-state index in [-0.39, 0.29) is 0 Å². The zero-order valence-corrected chi connectivity index (χ0v) is 10.0. The molecule has 5 heteroatoms. The highest BCUT2D eigenvalue weighted by molar-refractivity contribution is 5.37. The number of pyridine rings is 1. The summed E-state index contributed by atoms with van der Waals surface area (Å²) in [7, 11) is 0. The maximum atomic E-state index is 4.32. The first kappa shape index (κ1) is 10.7. The van der Waals surface area contributed by atoms with E-state index in [2.05, 4.69) is 31.7 Å². The van der Waals surface area contributed by atoms with Crippen LogP contribution in [0.4, 0.5) is 0 Å². The smallest absolute Gasteiger partial charge is 0.160 e. The van der Waals surface area contributed by atoms with E-state index in [1.165, 1.54) is 0 Å². The molecule has 1 atom stereocenters. The van der Waals surface area contributed by atoms with E-state index in [1.807, 2.05) is 24.4 Å². The third-order valence-corrected chi connectivity index (χ3v) is 3.41. The van der Waals surface area contributed by atoms with Crippen molar-refractivity contribution in [1.29, 1.82) is 0 Å². The van der Waals surface area contributed by atoms with E-state index < -0.39 is 0 Å². The number of nitrogens with zero attached hydrogens (tertiary/aromatic N) is 4. The van der Waals surface area contributed by atoms with Crippen molar-refractivity contribution in [1.82, 2.24) is 24.8 Å².